The summed E-state index contributed by atoms with van der Waals surface area (Å²) >= 11 is 7.54. The second-order valence-corrected chi connectivity index (χ2v) is 17.3. The number of halogens is 1. The topological polar surface area (TPSA) is 73.6 Å². The summed E-state index contributed by atoms with van der Waals surface area (Å²) in [6.07, 6.45) is 11.0. The van der Waals surface area contributed by atoms with Crippen LogP contribution in [-0.2, 0) is 23.4 Å². The fourth-order valence-corrected chi connectivity index (χ4v) is 9.51. The molecule has 2 aliphatic rings. The highest BCUT2D eigenvalue weighted by Gasteiger charge is 2.28. The van der Waals surface area contributed by atoms with Gasteiger partial charge in [-0.3, -0.25) is 0 Å². The number of thioether (sulfide) groups is 2. The molecule has 46 heavy (non-hydrogen) atoms. The first-order valence-electron chi connectivity index (χ1n) is 16.6. The Bertz CT molecular complexity index is 1390. The van der Waals surface area contributed by atoms with E-state index in [0.717, 1.165) is 32.9 Å². The Morgan fingerprint density at radius 3 is 1.37 bits per heavy atom. The molecule has 2 unspecified atom stereocenters. The monoisotopic (exact) mass is 717 g/mol. The van der Waals surface area contributed by atoms with E-state index in [0.29, 0.717) is 22.9 Å². The number of nitrogens with zero attached hydrogens (tertiary/aromatic N) is 2. The summed E-state index contributed by atoms with van der Waals surface area (Å²) < 4.78 is 0. The number of nitrogens with two attached hydrogens (primary N) is 1. The Morgan fingerprint density at radius 2 is 1.02 bits per heavy atom. The van der Waals surface area contributed by atoms with Crippen LogP contribution in [0.15, 0.2) is 72.8 Å². The van der Waals surface area contributed by atoms with Gasteiger partial charge in [0.05, 0.1) is 23.3 Å². The summed E-state index contributed by atoms with van der Waals surface area (Å²) in [5, 5.41) is 19.7. The van der Waals surface area contributed by atoms with Crippen LogP contribution in [0.5, 0.6) is 0 Å². The van der Waals surface area contributed by atoms with E-state index in [-0.39, 0.29) is 0 Å². The van der Waals surface area contributed by atoms with Crippen molar-refractivity contribution in [2.24, 2.45) is 16.6 Å². The zero-order chi connectivity index (χ0) is 33.4. The Hall–Kier alpha value is -2.22. The van der Waals surface area contributed by atoms with Crippen molar-refractivity contribution >= 4 is 39.5 Å². The number of rotatable bonds is 8. The molecule has 2 aliphatic carbocycles. The van der Waals surface area contributed by atoms with Gasteiger partial charge in [0.2, 0.25) is 0 Å². The minimum Gasteiger partial charge on any atom is -0.326 e. The highest BCUT2D eigenvalue weighted by molar-refractivity contribution is 9.08. The molecule has 2 atom stereocenters. The van der Waals surface area contributed by atoms with Gasteiger partial charge in [0.25, 0.3) is 0 Å². The average Bonchev–Trinajstić information content (AvgIpc) is 3.06. The van der Waals surface area contributed by atoms with Crippen molar-refractivity contribution in [1.29, 1.82) is 10.5 Å². The van der Waals surface area contributed by atoms with E-state index in [1.54, 1.807) is 0 Å². The molecule has 0 radical (unpaired) electrons. The molecule has 5 rings (SSSR count). The first-order valence-corrected chi connectivity index (χ1v) is 19.8. The van der Waals surface area contributed by atoms with Crippen LogP contribution >= 0.6 is 39.5 Å². The van der Waals surface area contributed by atoms with E-state index in [2.05, 4.69) is 116 Å². The summed E-state index contributed by atoms with van der Waals surface area (Å²) in [5.74, 6) is 2.22. The lowest BCUT2D eigenvalue weighted by Crippen LogP contribution is -2.24. The van der Waals surface area contributed by atoms with Crippen LogP contribution in [0.2, 0.25) is 0 Å². The lowest BCUT2D eigenvalue weighted by Gasteiger charge is -2.34. The summed E-state index contributed by atoms with van der Waals surface area (Å²) in [7, 11) is 0. The van der Waals surface area contributed by atoms with E-state index >= 15 is 0 Å². The minimum atomic E-state index is 0.528. The lowest BCUT2D eigenvalue weighted by molar-refractivity contribution is 0.250. The molecule has 0 bridgehead atoms. The number of benzene rings is 3. The first-order chi connectivity index (χ1) is 22.0. The predicted octanol–water partition coefficient (Wildman–Crippen LogP) is 11.6. The van der Waals surface area contributed by atoms with Gasteiger partial charge in [0, 0.05) is 33.9 Å². The van der Waals surface area contributed by atoms with Crippen LogP contribution in [0.4, 0.5) is 0 Å². The Balaban J connectivity index is 0.000000196. The molecule has 3 aromatic carbocycles. The van der Waals surface area contributed by atoms with Crippen LogP contribution in [0, 0.1) is 33.5 Å². The smallest absolute Gasteiger partial charge is 0.0991 e. The molecule has 6 heteroatoms. The van der Waals surface area contributed by atoms with Gasteiger partial charge in [0.1, 0.15) is 0 Å². The molecule has 0 aliphatic heterocycles. The van der Waals surface area contributed by atoms with Crippen molar-refractivity contribution in [1.82, 2.24) is 0 Å². The number of hydrogen-bond donors (Lipinski definition) is 1. The predicted molar refractivity (Wildman–Crippen MR) is 204 cm³/mol. The fraction of sp³-hybridized carbons (Fsp3) is 0.500. The number of hydrogen-bond acceptors (Lipinski definition) is 5. The normalized spacial score (nSPS) is 19.7. The van der Waals surface area contributed by atoms with Gasteiger partial charge in [-0.1, -0.05) is 105 Å². The molecule has 3 nitrogen and oxygen atoms in total. The summed E-state index contributed by atoms with van der Waals surface area (Å²) in [4.78, 5) is 0. The van der Waals surface area contributed by atoms with E-state index < -0.39 is 0 Å². The fourth-order valence-electron chi connectivity index (χ4n) is 6.09. The van der Waals surface area contributed by atoms with Gasteiger partial charge in [-0.05, 0) is 95.9 Å². The molecule has 0 spiro atoms. The molecule has 246 valence electrons. The van der Waals surface area contributed by atoms with Crippen LogP contribution in [0.25, 0.3) is 0 Å². The number of alkyl halides is 1. The van der Waals surface area contributed by atoms with Crippen LogP contribution in [0.3, 0.4) is 0 Å². The minimum absolute atomic E-state index is 0.528. The molecular weight excluding hydrogens is 666 g/mol. The Labute approximate surface area is 296 Å². The van der Waals surface area contributed by atoms with Gasteiger partial charge in [-0.25, -0.2) is 0 Å². The molecule has 2 fully saturated rings. The van der Waals surface area contributed by atoms with Crippen molar-refractivity contribution < 1.29 is 0 Å². The van der Waals surface area contributed by atoms with E-state index in [1.807, 2.05) is 36.4 Å². The Kier molecular flexibility index (Phi) is 16.3. The summed E-state index contributed by atoms with van der Waals surface area (Å²) in [6, 6.07) is 28.5. The third-order valence-electron chi connectivity index (χ3n) is 8.87. The maximum Gasteiger partial charge on any atom is 0.0991 e. The maximum absolute atomic E-state index is 8.76. The highest BCUT2D eigenvalue weighted by Crippen LogP contribution is 2.42. The van der Waals surface area contributed by atoms with Gasteiger partial charge >= 0.3 is 0 Å². The van der Waals surface area contributed by atoms with Crippen molar-refractivity contribution in [2.75, 3.05) is 0 Å². The second kappa shape index (κ2) is 19.6. The molecule has 2 N–H and O–H groups in total. The quantitative estimate of drug-likeness (QED) is 0.235. The van der Waals surface area contributed by atoms with Gasteiger partial charge < -0.3 is 5.73 Å². The molecule has 0 amide bonds. The highest BCUT2D eigenvalue weighted by atomic mass is 79.9. The maximum atomic E-state index is 8.76. The molecule has 0 heterocycles. The summed E-state index contributed by atoms with van der Waals surface area (Å²) in [6.45, 7) is 10.2. The average molecular weight is 719 g/mol. The molecule has 2 saturated carbocycles. The van der Waals surface area contributed by atoms with E-state index in [1.165, 1.54) is 73.6 Å². The van der Waals surface area contributed by atoms with Gasteiger partial charge in [-0.2, -0.15) is 34.0 Å². The van der Waals surface area contributed by atoms with Crippen LogP contribution in [0.1, 0.15) is 112 Å². The van der Waals surface area contributed by atoms with Gasteiger partial charge in [-0.15, -0.1) is 0 Å². The van der Waals surface area contributed by atoms with Crippen molar-refractivity contribution in [3.05, 3.63) is 106 Å². The lowest BCUT2D eigenvalue weighted by atomic mass is 9.77. The third kappa shape index (κ3) is 14.3. The molecule has 3 aromatic rings. The van der Waals surface area contributed by atoms with E-state index in [9.17, 15) is 0 Å². The zero-order valence-electron chi connectivity index (χ0n) is 28.2. The first kappa shape index (κ1) is 38.2. The molecule has 0 saturated heterocycles. The Morgan fingerprint density at radius 1 is 0.652 bits per heavy atom. The largest absolute Gasteiger partial charge is 0.326 e. The standard InChI is InChI=1S/C16H25NS.C16H21NS.C8H6BrN/c2*1-16(2)9-3-4-15(10-16)18-12-14-7-5-13(11-17)6-8-14;9-5-7-1-3-8(6-10)4-2-7/h5-8,15H,3-4,9-12,17H2,1-2H3;5-8,15H,3-4,9-10,12H2,1-2H3;1-4H,5H2. The molecule has 0 aromatic heterocycles. The third-order valence-corrected chi connectivity index (χ3v) is 12.3. The molecular formula is C40H52BrN3S2. The van der Waals surface area contributed by atoms with Crippen molar-refractivity contribution in [3.63, 3.8) is 0 Å². The van der Waals surface area contributed by atoms with Crippen molar-refractivity contribution in [3.8, 4) is 12.1 Å². The number of nitriles is 2. The van der Waals surface area contributed by atoms with Crippen LogP contribution < -0.4 is 5.73 Å². The van der Waals surface area contributed by atoms with Crippen LogP contribution in [-0.4, -0.2) is 10.5 Å². The summed E-state index contributed by atoms with van der Waals surface area (Å²) in [5.41, 5.74) is 13.3. The van der Waals surface area contributed by atoms with Gasteiger partial charge in [0.15, 0.2) is 0 Å². The SMILES string of the molecule is CC1(C)CCCC(SCc2ccc(C#N)cc2)C1.CC1(C)CCCC(SCc2ccc(CN)cc2)C1.N#Cc1ccc(CBr)cc1. The second-order valence-electron chi connectivity index (χ2n) is 14.2. The van der Waals surface area contributed by atoms with Crippen molar-refractivity contribution in [2.45, 2.75) is 113 Å². The zero-order valence-corrected chi connectivity index (χ0v) is 31.5. The van der Waals surface area contributed by atoms with E-state index in [4.69, 9.17) is 16.3 Å².